The van der Waals surface area contributed by atoms with Crippen molar-refractivity contribution in [2.75, 3.05) is 5.32 Å². The molecule has 0 unspecified atom stereocenters. The molecule has 1 amide bonds. The quantitative estimate of drug-likeness (QED) is 0.800. The van der Waals surface area contributed by atoms with Gasteiger partial charge in [0.15, 0.2) is 0 Å². The number of benzene rings is 2. The first-order chi connectivity index (χ1) is 10.2. The van der Waals surface area contributed by atoms with E-state index in [2.05, 4.69) is 14.7 Å². The van der Waals surface area contributed by atoms with Gasteiger partial charge in [0.25, 0.3) is 5.91 Å². The van der Waals surface area contributed by atoms with Gasteiger partial charge in [0.2, 0.25) is 5.95 Å². The Kier molecular flexibility index (Phi) is 3.75. The van der Waals surface area contributed by atoms with Gasteiger partial charge in [-0.25, -0.2) is 0 Å². The summed E-state index contributed by atoms with van der Waals surface area (Å²) >= 11 is 1.27. The molecule has 1 aromatic heterocycles. The Morgan fingerprint density at radius 1 is 1.05 bits per heavy atom. The third-order valence-corrected chi connectivity index (χ3v) is 3.75. The summed E-state index contributed by atoms with van der Waals surface area (Å²) in [7, 11) is 0. The molecule has 1 heterocycles. The largest absolute Gasteiger partial charge is 0.290 e. The summed E-state index contributed by atoms with van der Waals surface area (Å²) in [6.45, 7) is 1.98. The molecule has 104 valence electrons. The maximum atomic E-state index is 12.1. The van der Waals surface area contributed by atoms with Gasteiger partial charge in [-0.05, 0) is 30.6 Å². The minimum atomic E-state index is -0.201. The van der Waals surface area contributed by atoms with Crippen LogP contribution in [0.25, 0.3) is 10.6 Å². The summed E-state index contributed by atoms with van der Waals surface area (Å²) in [5.74, 6) is 0.136. The Morgan fingerprint density at radius 3 is 2.48 bits per heavy atom. The Labute approximate surface area is 126 Å². The molecule has 2 aromatic carbocycles. The summed E-state index contributed by atoms with van der Waals surface area (Å²) in [6.07, 6.45) is 0. The molecule has 21 heavy (non-hydrogen) atoms. The van der Waals surface area contributed by atoms with E-state index in [4.69, 9.17) is 0 Å². The molecule has 0 aliphatic carbocycles. The standard InChI is InChI=1S/C16H13N3OS/c1-11-7-9-12(10-8-11)14(20)17-16-18-15(21-19-16)13-5-3-2-4-6-13/h2-10H,1H3,(H,17,19,20). The molecule has 0 aliphatic heterocycles. The van der Waals surface area contributed by atoms with Crippen molar-refractivity contribution < 1.29 is 4.79 Å². The molecular formula is C16H13N3OS. The van der Waals surface area contributed by atoms with Gasteiger partial charge in [-0.3, -0.25) is 10.1 Å². The molecule has 0 atom stereocenters. The molecule has 4 nitrogen and oxygen atoms in total. The van der Waals surface area contributed by atoms with Crippen molar-refractivity contribution in [3.8, 4) is 10.6 Å². The fourth-order valence-electron chi connectivity index (χ4n) is 1.85. The minimum Gasteiger partial charge on any atom is -0.290 e. The summed E-state index contributed by atoms with van der Waals surface area (Å²) in [5.41, 5.74) is 2.70. The van der Waals surface area contributed by atoms with Gasteiger partial charge in [-0.1, -0.05) is 48.0 Å². The SMILES string of the molecule is Cc1ccc(C(=O)Nc2nsc(-c3ccccc3)n2)cc1. The molecule has 5 heteroatoms. The summed E-state index contributed by atoms with van der Waals surface area (Å²) in [6, 6.07) is 17.1. The van der Waals surface area contributed by atoms with Gasteiger partial charge in [0, 0.05) is 11.1 Å². The van der Waals surface area contributed by atoms with Gasteiger partial charge in [0.05, 0.1) is 0 Å². The third kappa shape index (κ3) is 3.14. The van der Waals surface area contributed by atoms with E-state index in [9.17, 15) is 4.79 Å². The fourth-order valence-corrected chi connectivity index (χ4v) is 2.48. The first-order valence-corrected chi connectivity index (χ1v) is 7.27. The van der Waals surface area contributed by atoms with Crippen LogP contribution >= 0.6 is 11.5 Å². The second-order valence-corrected chi connectivity index (χ2v) is 5.36. The molecule has 0 saturated heterocycles. The number of nitrogens with zero attached hydrogens (tertiary/aromatic N) is 2. The molecule has 3 aromatic rings. The normalized spacial score (nSPS) is 10.3. The number of carbonyl (C=O) groups excluding carboxylic acids is 1. The number of anilines is 1. The number of carbonyl (C=O) groups is 1. The van der Waals surface area contributed by atoms with Crippen LogP contribution in [0.1, 0.15) is 15.9 Å². The molecule has 1 N–H and O–H groups in total. The van der Waals surface area contributed by atoms with Gasteiger partial charge < -0.3 is 0 Å². The Balaban J connectivity index is 1.75. The summed E-state index contributed by atoms with van der Waals surface area (Å²) < 4.78 is 4.17. The van der Waals surface area contributed by atoms with Gasteiger partial charge in [-0.2, -0.15) is 9.36 Å². The Morgan fingerprint density at radius 2 is 1.76 bits per heavy atom. The lowest BCUT2D eigenvalue weighted by Gasteiger charge is -2.01. The van der Waals surface area contributed by atoms with Crippen LogP contribution in [0.4, 0.5) is 5.95 Å². The molecule has 0 radical (unpaired) electrons. The van der Waals surface area contributed by atoms with Crippen LogP contribution in [0.3, 0.4) is 0 Å². The monoisotopic (exact) mass is 295 g/mol. The Bertz CT molecular complexity index is 751. The second kappa shape index (κ2) is 5.85. The maximum Gasteiger partial charge on any atom is 0.258 e. The Hall–Kier alpha value is -2.53. The first-order valence-electron chi connectivity index (χ1n) is 6.49. The molecule has 0 saturated carbocycles. The van der Waals surface area contributed by atoms with Crippen molar-refractivity contribution in [2.45, 2.75) is 6.92 Å². The lowest BCUT2D eigenvalue weighted by atomic mass is 10.1. The number of hydrogen-bond acceptors (Lipinski definition) is 4. The highest BCUT2D eigenvalue weighted by atomic mass is 32.1. The highest BCUT2D eigenvalue weighted by Crippen LogP contribution is 2.22. The highest BCUT2D eigenvalue weighted by Gasteiger charge is 2.10. The van der Waals surface area contributed by atoms with Crippen LogP contribution < -0.4 is 5.32 Å². The summed E-state index contributed by atoms with van der Waals surface area (Å²) in [5, 5.41) is 3.50. The summed E-state index contributed by atoms with van der Waals surface area (Å²) in [4.78, 5) is 16.4. The number of rotatable bonds is 3. The van der Waals surface area contributed by atoms with Gasteiger partial charge in [-0.15, -0.1) is 0 Å². The smallest absolute Gasteiger partial charge is 0.258 e. The van der Waals surface area contributed by atoms with E-state index in [1.165, 1.54) is 11.5 Å². The molecule has 0 bridgehead atoms. The van der Waals surface area contributed by atoms with Crippen molar-refractivity contribution in [1.29, 1.82) is 0 Å². The minimum absolute atomic E-state index is 0.201. The number of aromatic nitrogens is 2. The zero-order valence-corrected chi connectivity index (χ0v) is 12.2. The number of aryl methyl sites for hydroxylation is 1. The van der Waals surface area contributed by atoms with E-state index < -0.39 is 0 Å². The van der Waals surface area contributed by atoms with E-state index in [0.29, 0.717) is 11.5 Å². The van der Waals surface area contributed by atoms with Crippen molar-refractivity contribution in [3.05, 3.63) is 65.7 Å². The van der Waals surface area contributed by atoms with Crippen molar-refractivity contribution >= 4 is 23.4 Å². The van der Waals surface area contributed by atoms with Crippen LogP contribution in [-0.4, -0.2) is 15.3 Å². The van der Waals surface area contributed by atoms with E-state index in [-0.39, 0.29) is 5.91 Å². The number of hydrogen-bond donors (Lipinski definition) is 1. The van der Waals surface area contributed by atoms with Gasteiger partial charge in [0.1, 0.15) is 5.01 Å². The average molecular weight is 295 g/mol. The average Bonchev–Trinajstić information content (AvgIpc) is 2.97. The van der Waals surface area contributed by atoms with Crippen LogP contribution in [0, 0.1) is 6.92 Å². The lowest BCUT2D eigenvalue weighted by Crippen LogP contribution is -2.12. The zero-order chi connectivity index (χ0) is 14.7. The molecule has 0 aliphatic rings. The fraction of sp³-hybridized carbons (Fsp3) is 0.0625. The van der Waals surface area contributed by atoms with Gasteiger partial charge >= 0.3 is 0 Å². The molecule has 0 fully saturated rings. The van der Waals surface area contributed by atoms with E-state index in [1.54, 1.807) is 12.1 Å². The molecular weight excluding hydrogens is 282 g/mol. The van der Waals surface area contributed by atoms with Crippen molar-refractivity contribution in [2.24, 2.45) is 0 Å². The van der Waals surface area contributed by atoms with E-state index in [1.807, 2.05) is 49.4 Å². The highest BCUT2D eigenvalue weighted by molar-refractivity contribution is 7.09. The van der Waals surface area contributed by atoms with E-state index in [0.717, 1.165) is 16.1 Å². The van der Waals surface area contributed by atoms with Crippen LogP contribution in [0.15, 0.2) is 54.6 Å². The first kappa shape index (κ1) is 13.5. The van der Waals surface area contributed by atoms with Crippen molar-refractivity contribution in [3.63, 3.8) is 0 Å². The number of amides is 1. The predicted octanol–water partition coefficient (Wildman–Crippen LogP) is 3.77. The van der Waals surface area contributed by atoms with Crippen molar-refractivity contribution in [1.82, 2.24) is 9.36 Å². The topological polar surface area (TPSA) is 54.9 Å². The zero-order valence-electron chi connectivity index (χ0n) is 11.4. The van der Waals surface area contributed by atoms with Crippen LogP contribution in [0.5, 0.6) is 0 Å². The molecule has 3 rings (SSSR count). The maximum absolute atomic E-state index is 12.1. The second-order valence-electron chi connectivity index (χ2n) is 4.61. The lowest BCUT2D eigenvalue weighted by molar-refractivity contribution is 0.102. The predicted molar refractivity (Wildman–Crippen MR) is 84.5 cm³/mol. The number of nitrogens with one attached hydrogen (secondary N) is 1. The van der Waals surface area contributed by atoms with Crippen LogP contribution in [-0.2, 0) is 0 Å². The molecule has 0 spiro atoms. The van der Waals surface area contributed by atoms with Crippen LogP contribution in [0.2, 0.25) is 0 Å². The third-order valence-electron chi connectivity index (χ3n) is 2.99. The van der Waals surface area contributed by atoms with E-state index >= 15 is 0 Å².